The molecular weight excluding hydrogens is 1750 g/mol. The molecule has 8 heterocycles. The molecule has 24 aromatic rings. The van der Waals surface area contributed by atoms with Gasteiger partial charge in [0.15, 0.2) is 0 Å². The summed E-state index contributed by atoms with van der Waals surface area (Å²) in [5.41, 5.74) is 30.7. The normalized spacial score (nSPS) is 11.9. The fraction of sp³-hybridized carbons (Fsp3) is 0.154. The van der Waals surface area contributed by atoms with E-state index >= 15 is 0 Å². The smallest absolute Gasteiger partial charge is 0.136 e. The molecule has 0 saturated heterocycles. The first-order chi connectivity index (χ1) is 68.5. The molecule has 696 valence electrons. The van der Waals surface area contributed by atoms with Crippen molar-refractivity contribution in [3.8, 4) is 112 Å². The Morgan fingerprint density at radius 3 is 0.937 bits per heavy atom. The molecule has 0 amide bonds. The lowest BCUT2D eigenvalue weighted by Gasteiger charge is -2.22. The average molecular weight is 1870 g/mol. The maximum Gasteiger partial charge on any atom is 0.136 e. The molecule has 142 heavy (non-hydrogen) atoms. The van der Waals surface area contributed by atoms with E-state index in [9.17, 15) is 0 Å². The van der Waals surface area contributed by atoms with Crippen LogP contribution in [0.3, 0.4) is 0 Å². The number of rotatable bonds is 10. The maximum atomic E-state index is 6.17. The summed E-state index contributed by atoms with van der Waals surface area (Å²) in [4.78, 5) is 39.6. The first-order valence-electron chi connectivity index (χ1n) is 48.7. The fourth-order valence-electron chi connectivity index (χ4n) is 18.1. The van der Waals surface area contributed by atoms with Gasteiger partial charge in [-0.1, -0.05) is 419 Å². The molecule has 0 spiro atoms. The third-order valence-corrected chi connectivity index (χ3v) is 26.7. The number of aromatic nitrogens is 8. The maximum absolute atomic E-state index is 6.17. The Hall–Kier alpha value is -16.3. The lowest BCUT2D eigenvalue weighted by molar-refractivity contribution is 0.546. The summed E-state index contributed by atoms with van der Waals surface area (Å²) in [7, 11) is 0. The molecule has 0 atom stereocenters. The Balaban J connectivity index is 0.000000110. The van der Waals surface area contributed by atoms with Crippen molar-refractivity contribution in [1.29, 1.82) is 0 Å². The quantitative estimate of drug-likeness (QED) is 0.129. The van der Waals surface area contributed by atoms with Crippen LogP contribution in [0.15, 0.2) is 420 Å². The van der Waals surface area contributed by atoms with Crippen LogP contribution in [0.5, 0.6) is 0 Å². The predicted octanol–water partition coefficient (Wildman–Crippen LogP) is 36.0. The SMILES string of the molecule is CC(C)(C)c1cc(-c2ccccc2)cc(-c2ccc3c(c2)sc2ccccc23)c1.CC(C)(C)c1nc(-c2cccc3oc4ccccc4c23)cc(-c2cccc3oc4ccccc4c23)n1.CC(C)(C)c1nc(-c2ccccc2)cc(-c2cccc(-c3ccccc3)c2)n1.CC(C)(C)c1nc(-c2ccccc2)cc(-c2cccc3oc4ccccc4c23)n1.CC(C)(C)c1nc2ccccc2nc1-c1ccccc1. The van der Waals surface area contributed by atoms with Gasteiger partial charge in [-0.05, 0) is 135 Å². The van der Waals surface area contributed by atoms with Crippen LogP contribution in [0.4, 0.5) is 0 Å². The van der Waals surface area contributed by atoms with Crippen LogP contribution in [0, 0.1) is 0 Å². The van der Waals surface area contributed by atoms with Crippen molar-refractivity contribution < 1.29 is 13.3 Å². The monoisotopic (exact) mass is 1860 g/mol. The van der Waals surface area contributed by atoms with Crippen LogP contribution in [-0.4, -0.2) is 39.9 Å². The lowest BCUT2D eigenvalue weighted by atomic mass is 9.83. The Bertz CT molecular complexity index is 8600. The van der Waals surface area contributed by atoms with Gasteiger partial charge in [0.1, 0.15) is 51.0 Å². The van der Waals surface area contributed by atoms with E-state index in [0.717, 1.165) is 179 Å². The molecule has 24 rings (SSSR count). The first kappa shape index (κ1) is 93.4. The first-order valence-corrected chi connectivity index (χ1v) is 49.5. The van der Waals surface area contributed by atoms with E-state index in [1.807, 2.05) is 187 Å². The molecular formula is C130H112N8O3S. The largest absolute Gasteiger partial charge is 0.456 e. The van der Waals surface area contributed by atoms with Crippen molar-refractivity contribution in [1.82, 2.24) is 39.9 Å². The molecule has 0 radical (unpaired) electrons. The number of hydrogen-bond acceptors (Lipinski definition) is 12. The van der Waals surface area contributed by atoms with Crippen LogP contribution < -0.4 is 0 Å². The molecule has 0 fully saturated rings. The van der Waals surface area contributed by atoms with Crippen LogP contribution >= 0.6 is 11.3 Å². The van der Waals surface area contributed by atoms with E-state index in [2.05, 4.69) is 334 Å². The predicted molar refractivity (Wildman–Crippen MR) is 595 cm³/mol. The molecule has 16 aromatic carbocycles. The summed E-state index contributed by atoms with van der Waals surface area (Å²) >= 11 is 1.88. The van der Waals surface area contributed by atoms with Crippen LogP contribution in [0.2, 0.25) is 0 Å². The molecule has 0 N–H and O–H groups in total. The Kier molecular flexibility index (Phi) is 25.5. The van der Waals surface area contributed by atoms with Gasteiger partial charge in [-0.15, -0.1) is 11.3 Å². The number of thiophene rings is 1. The second-order valence-corrected chi connectivity index (χ2v) is 42.5. The highest BCUT2D eigenvalue weighted by Gasteiger charge is 2.29. The van der Waals surface area contributed by atoms with Gasteiger partial charge in [-0.3, -0.25) is 0 Å². The van der Waals surface area contributed by atoms with Crippen molar-refractivity contribution in [2.75, 3.05) is 0 Å². The van der Waals surface area contributed by atoms with Crippen molar-refractivity contribution in [2.45, 2.75) is 131 Å². The van der Waals surface area contributed by atoms with Gasteiger partial charge in [0.05, 0.1) is 56.6 Å². The minimum atomic E-state index is -0.233. The highest BCUT2D eigenvalue weighted by Crippen LogP contribution is 2.46. The van der Waals surface area contributed by atoms with E-state index in [-0.39, 0.29) is 27.1 Å². The molecule has 0 aliphatic carbocycles. The fourth-order valence-corrected chi connectivity index (χ4v) is 19.3. The molecule has 0 unspecified atom stereocenters. The minimum absolute atomic E-state index is 0.0395. The number of hydrogen-bond donors (Lipinski definition) is 0. The zero-order valence-corrected chi connectivity index (χ0v) is 83.7. The zero-order chi connectivity index (χ0) is 98.2. The molecule has 0 bridgehead atoms. The standard InChI is InChI=1S/C32H24N2O2.C28H24S.C26H22N2O.C26H24N2.C18H18N2/c1-32(2,3)31-33-23(19-12-8-16-27-29(19)21-10-4-6-14-25(21)35-27)18-24(34-31)20-13-9-17-28-30(20)22-11-5-7-15-26(22)36-28;1-28(2,3)23-16-21(19-9-5-4-6-10-19)15-22(17-23)20-13-14-25-24-11-7-8-12-26(24)29-27(25)18-20;1-26(2,3)25-27-20(17-10-5-4-6-11-17)16-21(28-25)18-13-9-15-23-24(18)19-12-7-8-14-22(19)29-23;1-26(2,3)25-27-23(20-13-8-5-9-14-20)18-24(28-25)22-16-10-15-21(17-22)19-11-6-4-7-12-19;1-18(2,3)17-16(13-9-5-4-6-10-13)19-14-11-7-8-12-15(14)20-17/h4-18H,1-3H3;4-18H,1-3H3;4-16H,1-3H3;4-18H,1-3H3;4-12H,1-3H3. The number of fused-ring (bicyclic) bond motifs is 13. The molecule has 0 saturated carbocycles. The number of furan rings is 3. The molecule has 0 aliphatic rings. The summed E-state index contributed by atoms with van der Waals surface area (Å²) < 4.78 is 21.1. The number of benzene rings is 16. The van der Waals surface area contributed by atoms with Crippen molar-refractivity contribution in [3.05, 3.63) is 435 Å². The van der Waals surface area contributed by atoms with Crippen LogP contribution in [-0.2, 0) is 27.1 Å². The Morgan fingerprint density at radius 1 is 0.190 bits per heavy atom. The van der Waals surface area contributed by atoms with Crippen molar-refractivity contribution >= 4 is 108 Å². The van der Waals surface area contributed by atoms with E-state index in [4.69, 9.17) is 53.1 Å². The van der Waals surface area contributed by atoms with Crippen LogP contribution in [0.1, 0.15) is 133 Å². The Labute approximate surface area is 833 Å². The van der Waals surface area contributed by atoms with Gasteiger partial charge < -0.3 is 13.3 Å². The number of nitrogens with zero attached hydrogens (tertiary/aromatic N) is 8. The van der Waals surface area contributed by atoms with Gasteiger partial charge >= 0.3 is 0 Å². The third-order valence-electron chi connectivity index (χ3n) is 25.6. The van der Waals surface area contributed by atoms with Gasteiger partial charge in [0.2, 0.25) is 0 Å². The second kappa shape index (κ2) is 38.8. The van der Waals surface area contributed by atoms with Gasteiger partial charge in [-0.25, -0.2) is 39.9 Å². The average Bonchev–Trinajstić information content (AvgIpc) is 1.59. The van der Waals surface area contributed by atoms with E-state index in [0.29, 0.717) is 0 Å². The lowest BCUT2D eigenvalue weighted by Crippen LogP contribution is -2.17. The summed E-state index contributed by atoms with van der Waals surface area (Å²) in [6.07, 6.45) is 0. The van der Waals surface area contributed by atoms with Gasteiger partial charge in [0, 0.05) is 113 Å². The van der Waals surface area contributed by atoms with Crippen LogP contribution in [0.25, 0.3) is 209 Å². The van der Waals surface area contributed by atoms with E-state index in [1.54, 1.807) is 0 Å². The minimum Gasteiger partial charge on any atom is -0.456 e. The molecule has 11 nitrogen and oxygen atoms in total. The molecule has 8 aromatic heterocycles. The summed E-state index contributed by atoms with van der Waals surface area (Å²) in [5.74, 6) is 2.48. The summed E-state index contributed by atoms with van der Waals surface area (Å²) in [6.45, 7) is 32.8. The number of para-hydroxylation sites is 5. The molecule has 12 heteroatoms. The molecule has 0 aliphatic heterocycles. The topological polar surface area (TPSA) is 143 Å². The van der Waals surface area contributed by atoms with Gasteiger partial charge in [-0.2, -0.15) is 0 Å². The summed E-state index contributed by atoms with van der Waals surface area (Å²) in [5, 5.41) is 9.23. The zero-order valence-electron chi connectivity index (χ0n) is 82.9. The van der Waals surface area contributed by atoms with Crippen molar-refractivity contribution in [2.24, 2.45) is 0 Å². The van der Waals surface area contributed by atoms with Crippen molar-refractivity contribution in [3.63, 3.8) is 0 Å². The third kappa shape index (κ3) is 19.9. The van der Waals surface area contributed by atoms with Gasteiger partial charge in [0.25, 0.3) is 0 Å². The van der Waals surface area contributed by atoms with E-state index in [1.165, 1.54) is 59.1 Å². The Morgan fingerprint density at radius 2 is 0.500 bits per heavy atom. The highest BCUT2D eigenvalue weighted by atomic mass is 32.1. The summed E-state index contributed by atoms with van der Waals surface area (Å²) in [6, 6.07) is 141. The highest BCUT2D eigenvalue weighted by molar-refractivity contribution is 7.25. The second-order valence-electron chi connectivity index (χ2n) is 41.4. The van der Waals surface area contributed by atoms with E-state index < -0.39 is 0 Å².